The van der Waals surface area contributed by atoms with E-state index in [2.05, 4.69) is 20.2 Å². The Morgan fingerprint density at radius 2 is 1.86 bits per heavy atom. The largest absolute Gasteiger partial charge is 0.463 e. The van der Waals surface area contributed by atoms with Crippen LogP contribution in [-0.4, -0.2) is 53.4 Å². The standard InChI is InChI=1S/C22H19ClF3N7O3/c1-13-11-27-9-7-16(13)33-19(20(34)36-2)28-17(29-33)12-32-21(35)31(10-8-22(24,25)26)18(30-32)14-3-5-15(23)6-4-14/h3-7,9,11H,8,10,12H2,1-2H3. The Bertz CT molecular complexity index is 1460. The van der Waals surface area contributed by atoms with Gasteiger partial charge >= 0.3 is 17.8 Å². The molecule has 0 saturated heterocycles. The summed E-state index contributed by atoms with van der Waals surface area (Å²) < 4.78 is 46.7. The van der Waals surface area contributed by atoms with Gasteiger partial charge in [-0.15, -0.1) is 10.2 Å². The summed E-state index contributed by atoms with van der Waals surface area (Å²) in [7, 11) is 1.19. The topological polar surface area (TPSA) is 110 Å². The van der Waals surface area contributed by atoms with E-state index in [1.165, 1.54) is 30.1 Å². The Balaban J connectivity index is 1.77. The predicted octanol–water partition coefficient (Wildman–Crippen LogP) is 3.44. The van der Waals surface area contributed by atoms with E-state index in [-0.39, 0.29) is 24.0 Å². The molecule has 0 fully saturated rings. The maximum atomic E-state index is 13.1. The zero-order chi connectivity index (χ0) is 26.0. The average molecular weight is 522 g/mol. The number of aryl methyl sites for hydroxylation is 1. The second-order valence-electron chi connectivity index (χ2n) is 7.70. The number of halogens is 4. The van der Waals surface area contributed by atoms with Gasteiger partial charge in [-0.05, 0) is 42.8 Å². The van der Waals surface area contributed by atoms with Gasteiger partial charge in [0.25, 0.3) is 0 Å². The number of carbonyl (C=O) groups excluding carboxylic acids is 1. The average Bonchev–Trinajstić information content (AvgIpc) is 3.39. The van der Waals surface area contributed by atoms with Crippen LogP contribution in [0.25, 0.3) is 17.1 Å². The molecule has 0 bridgehead atoms. The Hall–Kier alpha value is -4.00. The van der Waals surface area contributed by atoms with E-state index in [4.69, 9.17) is 16.3 Å². The third-order valence-corrected chi connectivity index (χ3v) is 5.43. The number of aromatic nitrogens is 7. The minimum atomic E-state index is -4.48. The molecule has 0 spiro atoms. The van der Waals surface area contributed by atoms with E-state index in [0.717, 1.165) is 9.25 Å². The van der Waals surface area contributed by atoms with Crippen molar-refractivity contribution >= 4 is 17.6 Å². The van der Waals surface area contributed by atoms with Gasteiger partial charge in [0.05, 0.1) is 19.2 Å². The summed E-state index contributed by atoms with van der Waals surface area (Å²) in [6.45, 7) is 0.821. The van der Waals surface area contributed by atoms with Crippen LogP contribution in [0.1, 0.15) is 28.4 Å². The molecular formula is C22H19ClF3N7O3. The molecule has 36 heavy (non-hydrogen) atoms. The Labute approximate surface area is 206 Å². The zero-order valence-corrected chi connectivity index (χ0v) is 19.8. The van der Waals surface area contributed by atoms with Crippen molar-refractivity contribution in [2.24, 2.45) is 0 Å². The second-order valence-corrected chi connectivity index (χ2v) is 8.14. The van der Waals surface area contributed by atoms with Gasteiger partial charge in [0.1, 0.15) is 6.54 Å². The van der Waals surface area contributed by atoms with Gasteiger partial charge in [-0.2, -0.15) is 13.2 Å². The van der Waals surface area contributed by atoms with Crippen LogP contribution >= 0.6 is 11.6 Å². The lowest BCUT2D eigenvalue weighted by molar-refractivity contribution is -0.136. The number of carbonyl (C=O) groups is 1. The van der Waals surface area contributed by atoms with E-state index >= 15 is 0 Å². The van der Waals surface area contributed by atoms with Crippen molar-refractivity contribution in [1.82, 2.24) is 34.1 Å². The van der Waals surface area contributed by atoms with Gasteiger partial charge in [0.2, 0.25) is 5.82 Å². The number of esters is 1. The predicted molar refractivity (Wildman–Crippen MR) is 122 cm³/mol. The highest BCUT2D eigenvalue weighted by molar-refractivity contribution is 6.30. The fourth-order valence-electron chi connectivity index (χ4n) is 3.45. The summed E-state index contributed by atoms with van der Waals surface area (Å²) in [6, 6.07) is 7.80. The molecule has 0 radical (unpaired) electrons. The Morgan fingerprint density at radius 1 is 1.14 bits per heavy atom. The van der Waals surface area contributed by atoms with Crippen molar-refractivity contribution in [1.29, 1.82) is 0 Å². The van der Waals surface area contributed by atoms with E-state index in [9.17, 15) is 22.8 Å². The number of pyridine rings is 1. The molecule has 14 heteroatoms. The van der Waals surface area contributed by atoms with Crippen LogP contribution in [0, 0.1) is 6.92 Å². The SMILES string of the molecule is COC(=O)c1nc(Cn2nc(-c3ccc(Cl)cc3)n(CCC(F)(F)F)c2=O)nn1-c1ccncc1C. The van der Waals surface area contributed by atoms with Crippen LogP contribution in [0.4, 0.5) is 13.2 Å². The minimum Gasteiger partial charge on any atom is -0.463 e. The quantitative estimate of drug-likeness (QED) is 0.343. The highest BCUT2D eigenvalue weighted by Gasteiger charge is 2.29. The molecule has 0 aliphatic heterocycles. The second kappa shape index (κ2) is 9.93. The van der Waals surface area contributed by atoms with Gasteiger partial charge in [-0.3, -0.25) is 9.55 Å². The third kappa shape index (κ3) is 5.30. The molecule has 4 aromatic rings. The Kier molecular flexibility index (Phi) is 6.93. The minimum absolute atomic E-state index is 0.0249. The molecular weight excluding hydrogens is 503 g/mol. The number of alkyl halides is 3. The molecule has 3 heterocycles. The fraction of sp³-hybridized carbons (Fsp3) is 0.273. The lowest BCUT2D eigenvalue weighted by Crippen LogP contribution is -2.27. The van der Waals surface area contributed by atoms with Crippen molar-refractivity contribution in [2.45, 2.75) is 32.6 Å². The molecule has 4 rings (SSSR count). The fourth-order valence-corrected chi connectivity index (χ4v) is 3.57. The number of methoxy groups -OCH3 is 1. The summed E-state index contributed by atoms with van der Waals surface area (Å²) in [5, 5.41) is 8.98. The van der Waals surface area contributed by atoms with Crippen molar-refractivity contribution in [3.8, 4) is 17.1 Å². The molecule has 0 aliphatic carbocycles. The lowest BCUT2D eigenvalue weighted by atomic mass is 10.2. The molecule has 1 aromatic carbocycles. The molecule has 10 nitrogen and oxygen atoms in total. The van der Waals surface area contributed by atoms with Crippen LogP contribution in [0.5, 0.6) is 0 Å². The molecule has 0 aliphatic rings. The van der Waals surface area contributed by atoms with Gasteiger partial charge < -0.3 is 4.74 Å². The first kappa shape index (κ1) is 25.1. The van der Waals surface area contributed by atoms with Gasteiger partial charge in [0.15, 0.2) is 11.6 Å². The van der Waals surface area contributed by atoms with Gasteiger partial charge in [-0.25, -0.2) is 23.9 Å². The zero-order valence-electron chi connectivity index (χ0n) is 19.0. The molecule has 188 valence electrons. The van der Waals surface area contributed by atoms with Crippen LogP contribution in [0.15, 0.2) is 47.5 Å². The summed E-state index contributed by atoms with van der Waals surface area (Å²) in [5.74, 6) is -0.866. The monoisotopic (exact) mass is 521 g/mol. The van der Waals surface area contributed by atoms with Crippen LogP contribution in [0.3, 0.4) is 0 Å². The van der Waals surface area contributed by atoms with Crippen molar-refractivity contribution < 1.29 is 22.7 Å². The Morgan fingerprint density at radius 3 is 2.50 bits per heavy atom. The first-order valence-electron chi connectivity index (χ1n) is 10.5. The van der Waals surface area contributed by atoms with E-state index in [1.807, 2.05) is 0 Å². The van der Waals surface area contributed by atoms with E-state index in [1.54, 1.807) is 31.3 Å². The summed E-state index contributed by atoms with van der Waals surface area (Å²) in [5.41, 5.74) is 0.811. The summed E-state index contributed by atoms with van der Waals surface area (Å²) in [6.07, 6.45) is -2.62. The van der Waals surface area contributed by atoms with Gasteiger partial charge in [0, 0.05) is 29.5 Å². The molecule has 0 saturated carbocycles. The smallest absolute Gasteiger partial charge is 0.390 e. The number of nitrogens with zero attached hydrogens (tertiary/aromatic N) is 7. The molecule has 3 aromatic heterocycles. The first-order valence-corrected chi connectivity index (χ1v) is 10.9. The van der Waals surface area contributed by atoms with Gasteiger partial charge in [-0.1, -0.05) is 11.6 Å². The van der Waals surface area contributed by atoms with Crippen LogP contribution in [0.2, 0.25) is 5.02 Å². The number of rotatable bonds is 7. The van der Waals surface area contributed by atoms with Crippen molar-refractivity contribution in [3.05, 3.63) is 75.4 Å². The maximum absolute atomic E-state index is 13.1. The van der Waals surface area contributed by atoms with Crippen LogP contribution < -0.4 is 5.69 Å². The van der Waals surface area contributed by atoms with E-state index in [0.29, 0.717) is 21.8 Å². The molecule has 0 N–H and O–H groups in total. The van der Waals surface area contributed by atoms with Crippen molar-refractivity contribution in [2.75, 3.05) is 7.11 Å². The number of hydrogen-bond donors (Lipinski definition) is 0. The molecule has 0 unspecified atom stereocenters. The highest BCUT2D eigenvalue weighted by Crippen LogP contribution is 2.23. The number of benzene rings is 1. The lowest BCUT2D eigenvalue weighted by Gasteiger charge is -2.08. The third-order valence-electron chi connectivity index (χ3n) is 5.17. The highest BCUT2D eigenvalue weighted by atomic mass is 35.5. The molecule has 0 amide bonds. The first-order chi connectivity index (χ1) is 17.1. The van der Waals surface area contributed by atoms with Crippen LogP contribution in [-0.2, 0) is 17.8 Å². The van der Waals surface area contributed by atoms with E-state index < -0.39 is 30.8 Å². The normalized spacial score (nSPS) is 11.6. The summed E-state index contributed by atoms with van der Waals surface area (Å²) >= 11 is 5.92. The number of ether oxygens (including phenoxy) is 1. The van der Waals surface area contributed by atoms with Crippen molar-refractivity contribution in [3.63, 3.8) is 0 Å². The number of hydrogen-bond acceptors (Lipinski definition) is 7. The summed E-state index contributed by atoms with van der Waals surface area (Å²) in [4.78, 5) is 33.6. The maximum Gasteiger partial charge on any atom is 0.390 e. The molecule has 0 atom stereocenters.